The molecule has 1 amide bonds. The van der Waals surface area contributed by atoms with Crippen LogP contribution in [0.2, 0.25) is 25.7 Å². The van der Waals surface area contributed by atoms with E-state index in [2.05, 4.69) is 41.0 Å². The number of carbonyl (C=O) groups excluding carboxylic acids is 1. The van der Waals surface area contributed by atoms with Crippen molar-refractivity contribution in [3.8, 4) is 11.3 Å². The Morgan fingerprint density at radius 1 is 1.27 bits per heavy atom. The van der Waals surface area contributed by atoms with Crippen molar-refractivity contribution in [3.05, 3.63) is 30.0 Å². The van der Waals surface area contributed by atoms with Crippen LogP contribution in [0.4, 0.5) is 16.2 Å². The fourth-order valence-corrected chi connectivity index (χ4v) is 4.23. The molecule has 7 nitrogen and oxygen atoms in total. The summed E-state index contributed by atoms with van der Waals surface area (Å²) < 4.78 is 13.3. The van der Waals surface area contributed by atoms with E-state index in [-0.39, 0.29) is 0 Å². The average molecular weight is 431 g/mol. The van der Waals surface area contributed by atoms with Gasteiger partial charge in [0, 0.05) is 39.4 Å². The van der Waals surface area contributed by atoms with Crippen LogP contribution in [0.15, 0.2) is 24.4 Å². The van der Waals surface area contributed by atoms with Gasteiger partial charge in [-0.2, -0.15) is 5.10 Å². The molecule has 1 aliphatic heterocycles. The number of nitrogens with zero attached hydrogens (tertiary/aromatic N) is 3. The molecule has 0 bridgehead atoms. The summed E-state index contributed by atoms with van der Waals surface area (Å²) in [5.41, 5.74) is 4.35. The lowest BCUT2D eigenvalue weighted by Crippen LogP contribution is -2.29. The van der Waals surface area contributed by atoms with Crippen LogP contribution in [0.1, 0.15) is 26.3 Å². The number of ether oxygens (including phenoxy) is 2. The number of rotatable bonds is 6. The molecule has 8 heteroatoms. The molecule has 30 heavy (non-hydrogen) atoms. The molecule has 3 rings (SSSR count). The number of para-hydroxylation sites is 1. The minimum Gasteiger partial charge on any atom is -0.444 e. The van der Waals surface area contributed by atoms with E-state index in [1.165, 1.54) is 0 Å². The fourth-order valence-electron chi connectivity index (χ4n) is 3.47. The number of carbonyl (C=O) groups is 1. The summed E-state index contributed by atoms with van der Waals surface area (Å²) in [5, 5.41) is 7.48. The van der Waals surface area contributed by atoms with E-state index in [0.29, 0.717) is 13.3 Å². The summed E-state index contributed by atoms with van der Waals surface area (Å²) >= 11 is 0. The van der Waals surface area contributed by atoms with E-state index >= 15 is 0 Å². The van der Waals surface area contributed by atoms with Crippen LogP contribution in [-0.2, 0) is 22.7 Å². The number of fused-ring (bicyclic) bond motifs is 3. The van der Waals surface area contributed by atoms with Crippen molar-refractivity contribution in [2.24, 2.45) is 0 Å². The van der Waals surface area contributed by atoms with Crippen LogP contribution in [-0.4, -0.2) is 43.2 Å². The molecule has 0 saturated carbocycles. The summed E-state index contributed by atoms with van der Waals surface area (Å²) in [4.78, 5) is 14.5. The zero-order valence-electron chi connectivity index (χ0n) is 19.2. The maximum absolute atomic E-state index is 12.4. The molecule has 1 aliphatic rings. The molecule has 0 spiro atoms. The molecule has 0 unspecified atom stereocenters. The molecule has 0 atom stereocenters. The number of amides is 1. The number of anilines is 2. The zero-order chi connectivity index (χ0) is 22.1. The molecule has 2 aromatic rings. The van der Waals surface area contributed by atoms with Crippen LogP contribution < -0.4 is 10.2 Å². The summed E-state index contributed by atoms with van der Waals surface area (Å²) in [6, 6.07) is 7.03. The molecule has 1 N–H and O–H groups in total. The summed E-state index contributed by atoms with van der Waals surface area (Å²) in [5.74, 6) is 0. The molecule has 0 saturated heterocycles. The molecule has 164 valence electrons. The Kier molecular flexibility index (Phi) is 6.28. The normalized spacial score (nSPS) is 13.6. The van der Waals surface area contributed by atoms with Crippen LogP contribution in [0, 0.1) is 0 Å². The first-order valence-corrected chi connectivity index (χ1v) is 14.1. The maximum Gasteiger partial charge on any atom is 0.412 e. The van der Waals surface area contributed by atoms with E-state index < -0.39 is 19.8 Å². The Balaban J connectivity index is 1.84. The minimum atomic E-state index is -1.13. The van der Waals surface area contributed by atoms with E-state index in [4.69, 9.17) is 9.47 Å². The number of benzene rings is 1. The quantitative estimate of drug-likeness (QED) is 0.506. The van der Waals surface area contributed by atoms with Crippen LogP contribution in [0.25, 0.3) is 11.3 Å². The van der Waals surface area contributed by atoms with E-state index in [9.17, 15) is 4.79 Å². The highest BCUT2D eigenvalue weighted by molar-refractivity contribution is 6.76. The van der Waals surface area contributed by atoms with E-state index in [1.807, 2.05) is 50.8 Å². The van der Waals surface area contributed by atoms with Crippen molar-refractivity contribution in [1.29, 1.82) is 0 Å². The predicted octanol–water partition coefficient (Wildman–Crippen LogP) is 5.16. The highest BCUT2D eigenvalue weighted by atomic mass is 28.3. The Hall–Kier alpha value is -2.32. The number of nitrogens with one attached hydrogen (secondary N) is 1. The largest absolute Gasteiger partial charge is 0.444 e. The van der Waals surface area contributed by atoms with Crippen LogP contribution in [0.5, 0.6) is 0 Å². The Labute approximate surface area is 180 Å². The topological polar surface area (TPSA) is 68.6 Å². The maximum atomic E-state index is 12.4. The molecular weight excluding hydrogens is 396 g/mol. The van der Waals surface area contributed by atoms with Crippen LogP contribution in [0.3, 0.4) is 0 Å². The van der Waals surface area contributed by atoms with Gasteiger partial charge in [-0.1, -0.05) is 31.8 Å². The van der Waals surface area contributed by atoms with Crippen molar-refractivity contribution in [2.75, 3.05) is 23.9 Å². The van der Waals surface area contributed by atoms with Crippen LogP contribution >= 0.6 is 0 Å². The van der Waals surface area contributed by atoms with Crippen molar-refractivity contribution >= 4 is 25.5 Å². The summed E-state index contributed by atoms with van der Waals surface area (Å²) in [6.45, 7) is 14.5. The second kappa shape index (κ2) is 8.43. The third-order valence-electron chi connectivity index (χ3n) is 4.84. The Bertz CT molecular complexity index is 912. The first-order chi connectivity index (χ1) is 13.9. The lowest BCUT2D eigenvalue weighted by atomic mass is 9.99. The number of hydrogen-bond acceptors (Lipinski definition) is 5. The molecule has 1 aromatic carbocycles. The predicted molar refractivity (Wildman–Crippen MR) is 124 cm³/mol. The molecule has 0 fully saturated rings. The van der Waals surface area contributed by atoms with Gasteiger partial charge in [-0.05, 0) is 32.9 Å². The van der Waals surface area contributed by atoms with Crippen molar-refractivity contribution in [2.45, 2.75) is 65.3 Å². The fraction of sp³-hybridized carbons (Fsp3) is 0.545. The smallest absolute Gasteiger partial charge is 0.412 e. The number of hydrogen-bond donors (Lipinski definition) is 1. The number of aromatic nitrogens is 2. The Morgan fingerprint density at radius 3 is 2.67 bits per heavy atom. The van der Waals surface area contributed by atoms with Gasteiger partial charge in [0.15, 0.2) is 0 Å². The Morgan fingerprint density at radius 2 is 2.00 bits per heavy atom. The van der Waals surface area contributed by atoms with Crippen molar-refractivity contribution in [1.82, 2.24) is 9.78 Å². The van der Waals surface area contributed by atoms with Crippen molar-refractivity contribution in [3.63, 3.8) is 0 Å². The van der Waals surface area contributed by atoms with Gasteiger partial charge in [0.1, 0.15) is 12.3 Å². The van der Waals surface area contributed by atoms with Crippen molar-refractivity contribution < 1.29 is 14.3 Å². The monoisotopic (exact) mass is 430 g/mol. The van der Waals surface area contributed by atoms with E-state index in [0.717, 1.165) is 40.8 Å². The first-order valence-electron chi connectivity index (χ1n) is 10.4. The molecule has 0 aliphatic carbocycles. The second-order valence-corrected chi connectivity index (χ2v) is 15.7. The molecule has 0 radical (unpaired) electrons. The van der Waals surface area contributed by atoms with Gasteiger partial charge in [-0.25, -0.2) is 9.48 Å². The van der Waals surface area contributed by atoms with Gasteiger partial charge in [0.25, 0.3) is 0 Å². The SMILES string of the molecule is CN1Cc2cnn(COCC[Si](C)(C)C)c2-c2cccc(NC(=O)OC(C)(C)C)c21. The summed E-state index contributed by atoms with van der Waals surface area (Å²) in [6.07, 6.45) is 1.45. The minimum absolute atomic E-state index is 0.423. The standard InChI is InChI=1S/C22H34N4O3Si/c1-22(2,3)29-21(27)24-18-10-8-9-17-19-16(14-25(4)20(17)18)13-23-26(19)15-28-11-12-30(5,6)7/h8-10,13H,11-12,14-15H2,1-7H3,(H,24,27). The average Bonchev–Trinajstić information content (AvgIpc) is 2.99. The van der Waals surface area contributed by atoms with Gasteiger partial charge in [-0.3, -0.25) is 5.32 Å². The molecule has 1 aromatic heterocycles. The summed E-state index contributed by atoms with van der Waals surface area (Å²) in [7, 11) is 0.889. The molecule has 2 heterocycles. The molecular formula is C22H34N4O3Si. The van der Waals surface area contributed by atoms with Gasteiger partial charge in [0.05, 0.1) is 23.3 Å². The van der Waals surface area contributed by atoms with Gasteiger partial charge < -0.3 is 14.4 Å². The lowest BCUT2D eigenvalue weighted by molar-refractivity contribution is 0.0636. The van der Waals surface area contributed by atoms with E-state index in [1.54, 1.807) is 0 Å². The second-order valence-electron chi connectivity index (χ2n) is 10.1. The highest BCUT2D eigenvalue weighted by Gasteiger charge is 2.27. The van der Waals surface area contributed by atoms with Gasteiger partial charge in [0.2, 0.25) is 0 Å². The first kappa shape index (κ1) is 22.4. The highest BCUT2D eigenvalue weighted by Crippen LogP contribution is 2.43. The zero-order valence-corrected chi connectivity index (χ0v) is 20.2. The van der Waals surface area contributed by atoms with Gasteiger partial charge in [-0.15, -0.1) is 0 Å². The third-order valence-corrected chi connectivity index (χ3v) is 6.55. The third kappa shape index (κ3) is 5.43. The lowest BCUT2D eigenvalue weighted by Gasteiger charge is -2.30. The van der Waals surface area contributed by atoms with Gasteiger partial charge >= 0.3 is 6.09 Å².